The highest BCUT2D eigenvalue weighted by atomic mass is 32.2. The lowest BCUT2D eigenvalue weighted by molar-refractivity contribution is 0.507. The zero-order valence-electron chi connectivity index (χ0n) is 10.8. The van der Waals surface area contributed by atoms with Crippen molar-refractivity contribution in [1.29, 1.82) is 0 Å². The fourth-order valence-electron chi connectivity index (χ4n) is 2.09. The van der Waals surface area contributed by atoms with Gasteiger partial charge in [0, 0.05) is 12.3 Å². The Hall–Kier alpha value is -1.19. The number of hydrogen-bond acceptors (Lipinski definition) is 3. The predicted molar refractivity (Wildman–Crippen MR) is 77.7 cm³/mol. The molecule has 0 saturated heterocycles. The molecular weight excluding hydrogens is 242 g/mol. The van der Waals surface area contributed by atoms with E-state index in [2.05, 4.69) is 32.0 Å². The number of aryl methyl sites for hydroxylation is 2. The number of hydrogen-bond donors (Lipinski definition) is 1. The Kier molecular flexibility index (Phi) is 4.50. The summed E-state index contributed by atoms with van der Waals surface area (Å²) in [4.78, 5) is 0. The van der Waals surface area contributed by atoms with Gasteiger partial charge in [0.2, 0.25) is 0 Å². The number of benzene rings is 1. The van der Waals surface area contributed by atoms with Gasteiger partial charge in [0.1, 0.15) is 5.76 Å². The molecule has 1 aromatic heterocycles. The molecule has 2 nitrogen and oxygen atoms in total. The van der Waals surface area contributed by atoms with Crippen molar-refractivity contribution in [3.63, 3.8) is 0 Å². The van der Waals surface area contributed by atoms with Crippen LogP contribution in [0.2, 0.25) is 0 Å². The first kappa shape index (κ1) is 13.2. The van der Waals surface area contributed by atoms with Gasteiger partial charge in [0.05, 0.1) is 11.5 Å². The normalized spacial score (nSPS) is 12.6. The molecule has 1 heterocycles. The molecule has 96 valence electrons. The molecule has 0 spiro atoms. The zero-order valence-corrected chi connectivity index (χ0v) is 11.7. The Bertz CT molecular complexity index is 473. The van der Waals surface area contributed by atoms with Gasteiger partial charge in [-0.25, -0.2) is 0 Å². The second-order valence-corrected chi connectivity index (χ2v) is 5.74. The SMILES string of the molecule is Cc1cc(C)cc(CSC(CN)c2ccco2)c1. The molecule has 0 aliphatic rings. The van der Waals surface area contributed by atoms with Crippen molar-refractivity contribution in [3.05, 3.63) is 59.0 Å². The van der Waals surface area contributed by atoms with Crippen LogP contribution in [-0.4, -0.2) is 6.54 Å². The van der Waals surface area contributed by atoms with E-state index in [0.29, 0.717) is 6.54 Å². The van der Waals surface area contributed by atoms with E-state index in [4.69, 9.17) is 10.2 Å². The molecule has 0 radical (unpaired) electrons. The molecule has 0 saturated carbocycles. The first-order chi connectivity index (χ1) is 8.69. The fourth-order valence-corrected chi connectivity index (χ4v) is 3.08. The third-order valence-electron chi connectivity index (χ3n) is 2.81. The first-order valence-electron chi connectivity index (χ1n) is 6.11. The molecule has 0 amide bonds. The van der Waals surface area contributed by atoms with Crippen LogP contribution in [0.1, 0.15) is 27.7 Å². The largest absolute Gasteiger partial charge is 0.468 e. The van der Waals surface area contributed by atoms with Crippen molar-refractivity contribution in [2.75, 3.05) is 6.54 Å². The average Bonchev–Trinajstić information content (AvgIpc) is 2.82. The lowest BCUT2D eigenvalue weighted by Crippen LogP contribution is -2.08. The van der Waals surface area contributed by atoms with Crippen LogP contribution in [0.5, 0.6) is 0 Å². The Morgan fingerprint density at radius 3 is 2.50 bits per heavy atom. The Morgan fingerprint density at radius 1 is 1.22 bits per heavy atom. The molecule has 0 bridgehead atoms. The van der Waals surface area contributed by atoms with E-state index in [0.717, 1.165) is 11.5 Å². The van der Waals surface area contributed by atoms with Crippen LogP contribution in [0, 0.1) is 13.8 Å². The van der Waals surface area contributed by atoms with Crippen molar-refractivity contribution in [1.82, 2.24) is 0 Å². The molecule has 3 heteroatoms. The smallest absolute Gasteiger partial charge is 0.118 e. The lowest BCUT2D eigenvalue weighted by atomic mass is 10.1. The monoisotopic (exact) mass is 261 g/mol. The highest BCUT2D eigenvalue weighted by molar-refractivity contribution is 7.98. The lowest BCUT2D eigenvalue weighted by Gasteiger charge is -2.12. The number of thioether (sulfide) groups is 1. The Balaban J connectivity index is 2.01. The summed E-state index contributed by atoms with van der Waals surface area (Å²) in [5.74, 6) is 1.93. The average molecular weight is 261 g/mol. The number of nitrogens with two attached hydrogens (primary N) is 1. The summed E-state index contributed by atoms with van der Waals surface area (Å²) < 4.78 is 5.42. The molecule has 2 rings (SSSR count). The highest BCUT2D eigenvalue weighted by Gasteiger charge is 2.13. The van der Waals surface area contributed by atoms with Crippen molar-refractivity contribution in [3.8, 4) is 0 Å². The van der Waals surface area contributed by atoms with E-state index in [1.165, 1.54) is 16.7 Å². The van der Waals surface area contributed by atoms with E-state index in [9.17, 15) is 0 Å². The summed E-state index contributed by atoms with van der Waals surface area (Å²) in [5, 5.41) is 0.237. The maximum absolute atomic E-state index is 5.81. The summed E-state index contributed by atoms with van der Waals surface area (Å²) >= 11 is 1.83. The molecule has 18 heavy (non-hydrogen) atoms. The third-order valence-corrected chi connectivity index (χ3v) is 4.13. The molecule has 2 N–H and O–H groups in total. The van der Waals surface area contributed by atoms with Crippen molar-refractivity contribution in [2.45, 2.75) is 24.9 Å². The van der Waals surface area contributed by atoms with E-state index >= 15 is 0 Å². The second kappa shape index (κ2) is 6.12. The van der Waals surface area contributed by atoms with Crippen LogP contribution in [0.15, 0.2) is 41.0 Å². The second-order valence-electron chi connectivity index (χ2n) is 4.55. The van der Waals surface area contributed by atoms with Crippen LogP contribution in [0.3, 0.4) is 0 Å². The zero-order chi connectivity index (χ0) is 13.0. The molecule has 1 aromatic carbocycles. The van der Waals surface area contributed by atoms with E-state index in [1.54, 1.807) is 6.26 Å². The summed E-state index contributed by atoms with van der Waals surface area (Å²) in [6.45, 7) is 4.87. The van der Waals surface area contributed by atoms with Gasteiger partial charge in [-0.2, -0.15) is 0 Å². The standard InChI is InChI=1S/C15H19NOS/c1-11-6-12(2)8-13(7-11)10-18-15(9-16)14-4-3-5-17-14/h3-8,15H,9-10,16H2,1-2H3. The van der Waals surface area contributed by atoms with E-state index < -0.39 is 0 Å². The molecule has 1 unspecified atom stereocenters. The summed E-state index contributed by atoms with van der Waals surface area (Å²) in [6, 6.07) is 10.6. The number of rotatable bonds is 5. The molecule has 2 aromatic rings. The molecule has 0 aliphatic carbocycles. The van der Waals surface area contributed by atoms with Gasteiger partial charge in [0.25, 0.3) is 0 Å². The van der Waals surface area contributed by atoms with Crippen LogP contribution in [0.4, 0.5) is 0 Å². The van der Waals surface area contributed by atoms with Gasteiger partial charge >= 0.3 is 0 Å². The van der Waals surface area contributed by atoms with Gasteiger partial charge < -0.3 is 10.2 Å². The molecule has 0 aliphatic heterocycles. The van der Waals surface area contributed by atoms with Crippen molar-refractivity contribution < 1.29 is 4.42 Å². The third kappa shape index (κ3) is 3.40. The van der Waals surface area contributed by atoms with Crippen molar-refractivity contribution >= 4 is 11.8 Å². The van der Waals surface area contributed by atoms with Crippen molar-refractivity contribution in [2.24, 2.45) is 5.73 Å². The highest BCUT2D eigenvalue weighted by Crippen LogP contribution is 2.31. The maximum atomic E-state index is 5.81. The first-order valence-corrected chi connectivity index (χ1v) is 7.16. The maximum Gasteiger partial charge on any atom is 0.118 e. The molecule has 1 atom stereocenters. The van der Waals surface area contributed by atoms with Crippen LogP contribution in [-0.2, 0) is 5.75 Å². The Morgan fingerprint density at radius 2 is 1.94 bits per heavy atom. The quantitative estimate of drug-likeness (QED) is 0.889. The number of furan rings is 1. The molecule has 0 fully saturated rings. The predicted octanol–water partition coefficient (Wildman–Crippen LogP) is 3.83. The van der Waals surface area contributed by atoms with Crippen LogP contribution < -0.4 is 5.73 Å². The minimum atomic E-state index is 0.237. The van der Waals surface area contributed by atoms with E-state index in [-0.39, 0.29) is 5.25 Å². The van der Waals surface area contributed by atoms with Gasteiger partial charge in [-0.3, -0.25) is 0 Å². The summed E-state index contributed by atoms with van der Waals surface area (Å²) in [7, 11) is 0. The van der Waals surface area contributed by atoms with Gasteiger partial charge in [-0.15, -0.1) is 11.8 Å². The summed E-state index contributed by atoms with van der Waals surface area (Å²) in [5.41, 5.74) is 9.78. The van der Waals surface area contributed by atoms with Crippen LogP contribution in [0.25, 0.3) is 0 Å². The van der Waals surface area contributed by atoms with Gasteiger partial charge in [-0.05, 0) is 31.5 Å². The summed E-state index contributed by atoms with van der Waals surface area (Å²) in [6.07, 6.45) is 1.70. The minimum Gasteiger partial charge on any atom is -0.468 e. The Labute approximate surface area is 113 Å². The van der Waals surface area contributed by atoms with Crippen LogP contribution >= 0.6 is 11.8 Å². The fraction of sp³-hybridized carbons (Fsp3) is 0.333. The van der Waals surface area contributed by atoms with E-state index in [1.807, 2.05) is 23.9 Å². The minimum absolute atomic E-state index is 0.237. The topological polar surface area (TPSA) is 39.2 Å². The molecular formula is C15H19NOS. The van der Waals surface area contributed by atoms with Gasteiger partial charge in [0.15, 0.2) is 0 Å². The van der Waals surface area contributed by atoms with Gasteiger partial charge in [-0.1, -0.05) is 29.3 Å².